The van der Waals surface area contributed by atoms with Crippen molar-refractivity contribution < 1.29 is 8.42 Å². The highest BCUT2D eigenvalue weighted by molar-refractivity contribution is 7.89. The average molecular weight is 286 g/mol. The van der Waals surface area contributed by atoms with Crippen molar-refractivity contribution in [3.8, 4) is 0 Å². The van der Waals surface area contributed by atoms with Crippen molar-refractivity contribution >= 4 is 15.8 Å². The fraction of sp³-hybridized carbons (Fsp3) is 0.750. The van der Waals surface area contributed by atoms with Gasteiger partial charge in [-0.25, -0.2) is 13.1 Å². The minimum Gasteiger partial charge on any atom is -0.383 e. The SMILES string of the molecule is Cc1nn(C)c(N)c1S(=O)(=O)NC1CCCCCC1. The Labute approximate surface area is 114 Å². The molecule has 0 spiro atoms. The molecule has 1 fully saturated rings. The molecule has 1 aromatic rings. The molecule has 0 amide bonds. The maximum atomic E-state index is 12.4. The summed E-state index contributed by atoms with van der Waals surface area (Å²) >= 11 is 0. The number of nitrogens with two attached hydrogens (primary N) is 1. The minimum absolute atomic E-state index is 0.0199. The number of aryl methyl sites for hydroxylation is 2. The Balaban J connectivity index is 2.22. The van der Waals surface area contributed by atoms with E-state index in [1.807, 2.05) is 0 Å². The van der Waals surface area contributed by atoms with E-state index in [1.54, 1.807) is 14.0 Å². The highest BCUT2D eigenvalue weighted by atomic mass is 32.2. The summed E-state index contributed by atoms with van der Waals surface area (Å²) < 4.78 is 29.0. The van der Waals surface area contributed by atoms with Crippen LogP contribution in [-0.2, 0) is 17.1 Å². The summed E-state index contributed by atoms with van der Waals surface area (Å²) in [6.45, 7) is 1.66. The van der Waals surface area contributed by atoms with Crippen molar-refractivity contribution in [1.29, 1.82) is 0 Å². The maximum absolute atomic E-state index is 12.4. The smallest absolute Gasteiger partial charge is 0.246 e. The van der Waals surface area contributed by atoms with Crippen LogP contribution in [-0.4, -0.2) is 24.2 Å². The molecule has 0 bridgehead atoms. The van der Waals surface area contributed by atoms with Crippen molar-refractivity contribution in [3.05, 3.63) is 5.69 Å². The zero-order valence-electron chi connectivity index (χ0n) is 11.5. The molecule has 0 aliphatic heterocycles. The molecule has 6 nitrogen and oxygen atoms in total. The van der Waals surface area contributed by atoms with Crippen LogP contribution in [0.25, 0.3) is 0 Å². The Bertz CT molecular complexity index is 542. The number of hydrogen-bond donors (Lipinski definition) is 2. The molecule has 0 atom stereocenters. The van der Waals surface area contributed by atoms with Gasteiger partial charge in [-0.2, -0.15) is 5.10 Å². The van der Waals surface area contributed by atoms with Crippen molar-refractivity contribution in [2.75, 3.05) is 5.73 Å². The van der Waals surface area contributed by atoms with Crippen LogP contribution in [0, 0.1) is 6.92 Å². The van der Waals surface area contributed by atoms with Gasteiger partial charge in [0.05, 0.1) is 5.69 Å². The first kappa shape index (κ1) is 14.3. The third-order valence-corrected chi connectivity index (χ3v) is 5.34. The van der Waals surface area contributed by atoms with Crippen LogP contribution in [0.2, 0.25) is 0 Å². The number of nitrogen functional groups attached to an aromatic ring is 1. The summed E-state index contributed by atoms with van der Waals surface area (Å²) in [5.74, 6) is 0.193. The highest BCUT2D eigenvalue weighted by Crippen LogP contribution is 2.24. The summed E-state index contributed by atoms with van der Waals surface area (Å²) in [6.07, 6.45) is 6.33. The van der Waals surface area contributed by atoms with Gasteiger partial charge in [0.2, 0.25) is 10.0 Å². The Hall–Kier alpha value is -1.08. The molecule has 1 aliphatic carbocycles. The number of aromatic nitrogens is 2. The van der Waals surface area contributed by atoms with Gasteiger partial charge in [0.15, 0.2) is 0 Å². The zero-order chi connectivity index (χ0) is 14.0. The van der Waals surface area contributed by atoms with Gasteiger partial charge in [0, 0.05) is 13.1 Å². The summed E-state index contributed by atoms with van der Waals surface area (Å²) in [6, 6.07) is 0.0199. The van der Waals surface area contributed by atoms with Crippen molar-refractivity contribution in [3.63, 3.8) is 0 Å². The second kappa shape index (κ2) is 5.50. The lowest BCUT2D eigenvalue weighted by Gasteiger charge is -2.16. The van der Waals surface area contributed by atoms with Gasteiger partial charge in [-0.05, 0) is 19.8 Å². The molecule has 1 aromatic heterocycles. The van der Waals surface area contributed by atoms with Gasteiger partial charge in [0.1, 0.15) is 10.7 Å². The molecular weight excluding hydrogens is 264 g/mol. The molecule has 0 aromatic carbocycles. The van der Waals surface area contributed by atoms with Crippen molar-refractivity contribution in [2.45, 2.75) is 56.4 Å². The van der Waals surface area contributed by atoms with E-state index < -0.39 is 10.0 Å². The molecule has 7 heteroatoms. The number of nitrogens with one attached hydrogen (secondary N) is 1. The van der Waals surface area contributed by atoms with Gasteiger partial charge in [-0.15, -0.1) is 0 Å². The van der Waals surface area contributed by atoms with Crippen LogP contribution < -0.4 is 10.5 Å². The van der Waals surface area contributed by atoms with Crippen LogP contribution in [0.5, 0.6) is 0 Å². The number of anilines is 1. The van der Waals surface area contributed by atoms with Gasteiger partial charge in [-0.3, -0.25) is 4.68 Å². The van der Waals surface area contributed by atoms with Crippen LogP contribution in [0.3, 0.4) is 0 Å². The topological polar surface area (TPSA) is 90.0 Å². The first-order valence-electron chi connectivity index (χ1n) is 6.73. The molecule has 1 heterocycles. The molecule has 2 rings (SSSR count). The van der Waals surface area contributed by atoms with Crippen LogP contribution in [0.1, 0.15) is 44.2 Å². The maximum Gasteiger partial charge on any atom is 0.246 e. The van der Waals surface area contributed by atoms with Crippen LogP contribution in [0.15, 0.2) is 4.90 Å². The lowest BCUT2D eigenvalue weighted by molar-refractivity contribution is 0.510. The number of sulfonamides is 1. The molecule has 19 heavy (non-hydrogen) atoms. The van der Waals surface area contributed by atoms with Crippen molar-refractivity contribution in [2.24, 2.45) is 7.05 Å². The van der Waals surface area contributed by atoms with Gasteiger partial charge in [-0.1, -0.05) is 25.7 Å². The van der Waals surface area contributed by atoms with Crippen molar-refractivity contribution in [1.82, 2.24) is 14.5 Å². The largest absolute Gasteiger partial charge is 0.383 e. The van der Waals surface area contributed by atoms with E-state index in [4.69, 9.17) is 5.73 Å². The van der Waals surface area contributed by atoms with E-state index in [0.29, 0.717) is 5.69 Å². The molecule has 108 valence electrons. The summed E-state index contributed by atoms with van der Waals surface area (Å²) in [7, 11) is -1.93. The molecule has 0 unspecified atom stereocenters. The highest BCUT2D eigenvalue weighted by Gasteiger charge is 2.27. The summed E-state index contributed by atoms with van der Waals surface area (Å²) in [5, 5.41) is 4.06. The third kappa shape index (κ3) is 3.09. The second-order valence-electron chi connectivity index (χ2n) is 5.23. The Morgan fingerprint density at radius 3 is 2.32 bits per heavy atom. The lowest BCUT2D eigenvalue weighted by Crippen LogP contribution is -2.35. The van der Waals surface area contributed by atoms with E-state index >= 15 is 0 Å². The van der Waals surface area contributed by atoms with E-state index in [-0.39, 0.29) is 16.8 Å². The standard InChI is InChI=1S/C12H22N4O2S/c1-9-11(12(13)16(2)14-9)19(17,18)15-10-7-5-3-4-6-8-10/h10,15H,3-8,13H2,1-2H3. The zero-order valence-corrected chi connectivity index (χ0v) is 12.3. The molecule has 1 aliphatic rings. The summed E-state index contributed by atoms with van der Waals surface area (Å²) in [4.78, 5) is 0.124. The quantitative estimate of drug-likeness (QED) is 0.820. The number of hydrogen-bond acceptors (Lipinski definition) is 4. The van der Waals surface area contributed by atoms with Gasteiger partial charge < -0.3 is 5.73 Å². The average Bonchev–Trinajstić information content (AvgIpc) is 2.52. The fourth-order valence-electron chi connectivity index (χ4n) is 2.66. The van der Waals surface area contributed by atoms with Gasteiger partial charge >= 0.3 is 0 Å². The molecular formula is C12H22N4O2S. The van der Waals surface area contributed by atoms with E-state index in [1.165, 1.54) is 17.5 Å². The van der Waals surface area contributed by atoms with Crippen LogP contribution >= 0.6 is 0 Å². The summed E-state index contributed by atoms with van der Waals surface area (Å²) in [5.41, 5.74) is 6.25. The Morgan fingerprint density at radius 1 is 1.26 bits per heavy atom. The monoisotopic (exact) mass is 286 g/mol. The predicted octanol–water partition coefficient (Wildman–Crippen LogP) is 1.31. The van der Waals surface area contributed by atoms with E-state index in [9.17, 15) is 8.42 Å². The first-order chi connectivity index (χ1) is 8.92. The van der Waals surface area contributed by atoms with E-state index in [2.05, 4.69) is 9.82 Å². The van der Waals surface area contributed by atoms with Crippen LogP contribution in [0.4, 0.5) is 5.82 Å². The Kier molecular flexibility index (Phi) is 4.15. The minimum atomic E-state index is -3.57. The first-order valence-corrected chi connectivity index (χ1v) is 8.21. The molecule has 3 N–H and O–H groups in total. The van der Waals surface area contributed by atoms with E-state index in [0.717, 1.165) is 25.7 Å². The predicted molar refractivity (Wildman–Crippen MR) is 74.2 cm³/mol. The second-order valence-corrected chi connectivity index (χ2v) is 6.88. The molecule has 1 saturated carbocycles. The number of nitrogens with zero attached hydrogens (tertiary/aromatic N) is 2. The number of rotatable bonds is 3. The van der Waals surface area contributed by atoms with Gasteiger partial charge in [0.25, 0.3) is 0 Å². The molecule has 0 saturated heterocycles. The molecule has 0 radical (unpaired) electrons. The lowest BCUT2D eigenvalue weighted by atomic mass is 10.1. The fourth-order valence-corrected chi connectivity index (χ4v) is 4.29. The third-order valence-electron chi connectivity index (χ3n) is 3.66. The normalized spacial score (nSPS) is 18.4. The Morgan fingerprint density at radius 2 is 1.84 bits per heavy atom.